The number of rotatable bonds is 5. The second kappa shape index (κ2) is 8.10. The van der Waals surface area contributed by atoms with Crippen LogP contribution < -0.4 is 10.0 Å². The molecule has 0 atom stereocenters. The Kier molecular flexibility index (Phi) is 5.59. The number of nitrogens with zero attached hydrogens (tertiary/aromatic N) is 1. The third-order valence-corrected chi connectivity index (χ3v) is 7.82. The molecule has 10 heteroatoms. The van der Waals surface area contributed by atoms with Gasteiger partial charge in [0, 0.05) is 10.4 Å². The van der Waals surface area contributed by atoms with Crippen LogP contribution in [-0.2, 0) is 22.7 Å². The fourth-order valence-corrected chi connectivity index (χ4v) is 5.91. The SMILES string of the molecule is Nc1ccc(S(=O)(=O)N(Cc2ccc(F)c(C(F)(F)F)c2)c2cc3ccccc3s2)cc1. The summed E-state index contributed by atoms with van der Waals surface area (Å²) in [4.78, 5) is -0.0673. The van der Waals surface area contributed by atoms with E-state index in [0.717, 1.165) is 20.5 Å². The summed E-state index contributed by atoms with van der Waals surface area (Å²) in [6.45, 7) is -0.414. The molecule has 0 bridgehead atoms. The van der Waals surface area contributed by atoms with E-state index in [9.17, 15) is 26.0 Å². The van der Waals surface area contributed by atoms with E-state index in [4.69, 9.17) is 5.73 Å². The average molecular weight is 481 g/mol. The van der Waals surface area contributed by atoms with Gasteiger partial charge in [-0.2, -0.15) is 13.2 Å². The number of hydrogen-bond donors (Lipinski definition) is 1. The predicted molar refractivity (Wildman–Crippen MR) is 117 cm³/mol. The molecule has 3 aromatic carbocycles. The molecule has 1 aromatic heterocycles. The monoisotopic (exact) mass is 480 g/mol. The number of nitrogen functional groups attached to an aromatic ring is 1. The van der Waals surface area contributed by atoms with Crippen LogP contribution in [0.2, 0.25) is 0 Å². The van der Waals surface area contributed by atoms with Crippen molar-refractivity contribution in [2.24, 2.45) is 0 Å². The summed E-state index contributed by atoms with van der Waals surface area (Å²) < 4.78 is 82.1. The summed E-state index contributed by atoms with van der Waals surface area (Å²) in [5.74, 6) is -1.42. The molecule has 2 N–H and O–H groups in total. The molecular weight excluding hydrogens is 464 g/mol. The van der Waals surface area contributed by atoms with Crippen molar-refractivity contribution < 1.29 is 26.0 Å². The van der Waals surface area contributed by atoms with Crippen LogP contribution in [0.1, 0.15) is 11.1 Å². The van der Waals surface area contributed by atoms with E-state index in [1.54, 1.807) is 18.2 Å². The van der Waals surface area contributed by atoms with Crippen molar-refractivity contribution in [1.29, 1.82) is 0 Å². The molecule has 32 heavy (non-hydrogen) atoms. The first kappa shape index (κ1) is 22.1. The van der Waals surface area contributed by atoms with Crippen molar-refractivity contribution in [3.8, 4) is 0 Å². The molecule has 1 heterocycles. The molecular formula is C22H16F4N2O2S2. The van der Waals surface area contributed by atoms with Crippen LogP contribution in [0.4, 0.5) is 28.3 Å². The highest BCUT2D eigenvalue weighted by Crippen LogP contribution is 2.37. The number of alkyl halides is 3. The van der Waals surface area contributed by atoms with Crippen molar-refractivity contribution in [2.45, 2.75) is 17.6 Å². The van der Waals surface area contributed by atoms with Crippen molar-refractivity contribution in [3.63, 3.8) is 0 Å². The van der Waals surface area contributed by atoms with E-state index in [2.05, 4.69) is 0 Å². The number of anilines is 2. The van der Waals surface area contributed by atoms with Gasteiger partial charge in [0.2, 0.25) is 0 Å². The number of nitrogens with two attached hydrogens (primary N) is 1. The lowest BCUT2D eigenvalue weighted by Crippen LogP contribution is -2.30. The predicted octanol–water partition coefficient (Wildman–Crippen LogP) is 6.04. The third kappa shape index (κ3) is 4.28. The largest absolute Gasteiger partial charge is 0.419 e. The molecule has 0 amide bonds. The van der Waals surface area contributed by atoms with Crippen LogP contribution in [0.5, 0.6) is 0 Å². The highest BCUT2D eigenvalue weighted by atomic mass is 32.2. The zero-order valence-electron chi connectivity index (χ0n) is 16.3. The topological polar surface area (TPSA) is 63.4 Å². The summed E-state index contributed by atoms with van der Waals surface area (Å²) in [5.41, 5.74) is 4.57. The van der Waals surface area contributed by atoms with E-state index < -0.39 is 34.1 Å². The molecule has 0 unspecified atom stereocenters. The van der Waals surface area contributed by atoms with E-state index in [-0.39, 0.29) is 10.5 Å². The Labute approximate surface area is 185 Å². The zero-order chi connectivity index (χ0) is 23.1. The fraction of sp³-hybridized carbons (Fsp3) is 0.0909. The van der Waals surface area contributed by atoms with E-state index >= 15 is 0 Å². The first-order chi connectivity index (χ1) is 15.1. The summed E-state index contributed by atoms with van der Waals surface area (Å²) in [5, 5.41) is 1.11. The Morgan fingerprint density at radius 2 is 1.62 bits per heavy atom. The number of halogens is 4. The highest BCUT2D eigenvalue weighted by Gasteiger charge is 2.35. The standard InChI is InChI=1S/C22H16F4N2O2S2/c23-19-10-5-14(11-18(19)22(24,25)26)13-28(21-12-15-3-1-2-4-20(15)31-21)32(29,30)17-8-6-16(27)7-9-17/h1-12H,13,27H2. The number of fused-ring (bicyclic) bond motifs is 1. The molecule has 0 spiro atoms. The molecule has 166 valence electrons. The van der Waals surface area contributed by atoms with Crippen LogP contribution in [0, 0.1) is 5.82 Å². The van der Waals surface area contributed by atoms with Gasteiger partial charge in [-0.25, -0.2) is 12.8 Å². The minimum atomic E-state index is -4.90. The van der Waals surface area contributed by atoms with Gasteiger partial charge in [0.05, 0.1) is 17.0 Å². The molecule has 0 fully saturated rings. The van der Waals surface area contributed by atoms with Crippen molar-refractivity contribution >= 4 is 42.1 Å². The van der Waals surface area contributed by atoms with Crippen molar-refractivity contribution in [2.75, 3.05) is 10.0 Å². The molecule has 0 aliphatic heterocycles. The number of benzene rings is 3. The first-order valence-electron chi connectivity index (χ1n) is 9.28. The van der Waals surface area contributed by atoms with Gasteiger partial charge in [0.1, 0.15) is 10.8 Å². The molecule has 0 saturated heterocycles. The smallest absolute Gasteiger partial charge is 0.399 e. The van der Waals surface area contributed by atoms with Crippen molar-refractivity contribution in [3.05, 3.63) is 89.7 Å². The van der Waals surface area contributed by atoms with Gasteiger partial charge in [-0.15, -0.1) is 11.3 Å². The maximum atomic E-state index is 13.7. The van der Waals surface area contributed by atoms with Crippen LogP contribution in [0.3, 0.4) is 0 Å². The normalized spacial score (nSPS) is 12.2. The Morgan fingerprint density at radius 1 is 0.938 bits per heavy atom. The maximum Gasteiger partial charge on any atom is 0.419 e. The Bertz CT molecular complexity index is 1350. The maximum absolute atomic E-state index is 13.7. The second-order valence-electron chi connectivity index (χ2n) is 7.02. The van der Waals surface area contributed by atoms with Crippen LogP contribution in [-0.4, -0.2) is 8.42 Å². The number of thiophene rings is 1. The van der Waals surface area contributed by atoms with Gasteiger partial charge in [-0.05, 0) is 59.5 Å². The molecule has 0 aliphatic rings. The fourth-order valence-electron chi connectivity index (χ4n) is 3.19. The minimum Gasteiger partial charge on any atom is -0.399 e. The van der Waals surface area contributed by atoms with E-state index in [1.165, 1.54) is 35.6 Å². The van der Waals surface area contributed by atoms with Gasteiger partial charge in [0.15, 0.2) is 0 Å². The molecule has 0 saturated carbocycles. The van der Waals surface area contributed by atoms with E-state index in [0.29, 0.717) is 22.8 Å². The summed E-state index contributed by atoms with van der Waals surface area (Å²) in [6.07, 6.45) is -4.90. The lowest BCUT2D eigenvalue weighted by atomic mass is 10.1. The van der Waals surface area contributed by atoms with Gasteiger partial charge in [-0.3, -0.25) is 4.31 Å². The quantitative estimate of drug-likeness (QED) is 0.280. The number of sulfonamides is 1. The summed E-state index contributed by atoms with van der Waals surface area (Å²) in [6, 6.07) is 16.9. The van der Waals surface area contributed by atoms with Crippen LogP contribution in [0.15, 0.2) is 77.7 Å². The Balaban J connectivity index is 1.84. The summed E-state index contributed by atoms with van der Waals surface area (Å²) >= 11 is 1.19. The average Bonchev–Trinajstić information content (AvgIpc) is 3.16. The van der Waals surface area contributed by atoms with Crippen LogP contribution in [0.25, 0.3) is 10.1 Å². The van der Waals surface area contributed by atoms with Gasteiger partial charge < -0.3 is 5.73 Å². The Hall–Kier alpha value is -3.11. The molecule has 4 nitrogen and oxygen atoms in total. The Morgan fingerprint density at radius 3 is 2.28 bits per heavy atom. The molecule has 4 aromatic rings. The lowest BCUT2D eigenvalue weighted by Gasteiger charge is -2.23. The summed E-state index contributed by atoms with van der Waals surface area (Å²) in [7, 11) is -4.16. The molecule has 0 aliphatic carbocycles. The highest BCUT2D eigenvalue weighted by molar-refractivity contribution is 7.93. The van der Waals surface area contributed by atoms with Gasteiger partial charge >= 0.3 is 6.18 Å². The third-order valence-electron chi connectivity index (χ3n) is 4.79. The van der Waals surface area contributed by atoms with Gasteiger partial charge in [0.25, 0.3) is 10.0 Å². The number of hydrogen-bond acceptors (Lipinski definition) is 4. The molecule has 0 radical (unpaired) electrons. The van der Waals surface area contributed by atoms with Crippen molar-refractivity contribution in [1.82, 2.24) is 0 Å². The van der Waals surface area contributed by atoms with Crippen LogP contribution >= 0.6 is 11.3 Å². The minimum absolute atomic E-state index is 0.00444. The van der Waals surface area contributed by atoms with E-state index in [1.807, 2.05) is 12.1 Å². The zero-order valence-corrected chi connectivity index (χ0v) is 17.9. The second-order valence-corrected chi connectivity index (χ2v) is 9.94. The lowest BCUT2D eigenvalue weighted by molar-refractivity contribution is -0.140. The van der Waals surface area contributed by atoms with Gasteiger partial charge in [-0.1, -0.05) is 24.3 Å². The molecule has 4 rings (SSSR count). The first-order valence-corrected chi connectivity index (χ1v) is 11.5.